The van der Waals surface area contributed by atoms with Crippen molar-refractivity contribution >= 4 is 21.9 Å². The number of hydrogen-bond acceptors (Lipinski definition) is 5. The first-order valence-electron chi connectivity index (χ1n) is 6.20. The van der Waals surface area contributed by atoms with Crippen LogP contribution in [0.5, 0.6) is 0 Å². The van der Waals surface area contributed by atoms with Crippen molar-refractivity contribution in [3.63, 3.8) is 0 Å². The van der Waals surface area contributed by atoms with Gasteiger partial charge in [-0.15, -0.1) is 0 Å². The molecule has 0 aliphatic heterocycles. The fourth-order valence-electron chi connectivity index (χ4n) is 1.88. The highest BCUT2D eigenvalue weighted by Gasteiger charge is 2.11. The summed E-state index contributed by atoms with van der Waals surface area (Å²) in [4.78, 5) is 31.4. The first-order valence-corrected chi connectivity index (χ1v) is 7.00. The number of hydrogen-bond donors (Lipinski definition) is 0. The highest BCUT2D eigenvalue weighted by Crippen LogP contribution is 2.17. The fraction of sp³-hybridized carbons (Fsp3) is 0.286. The maximum atomic E-state index is 12.0. The van der Waals surface area contributed by atoms with Crippen molar-refractivity contribution in [1.82, 2.24) is 14.5 Å². The van der Waals surface area contributed by atoms with Gasteiger partial charge in [0.15, 0.2) is 0 Å². The Labute approximate surface area is 129 Å². The first-order chi connectivity index (χ1) is 9.93. The van der Waals surface area contributed by atoms with E-state index in [4.69, 9.17) is 0 Å². The van der Waals surface area contributed by atoms with Crippen molar-refractivity contribution in [3.05, 3.63) is 55.9 Å². The summed E-state index contributed by atoms with van der Waals surface area (Å²) in [5, 5.41) is 0. The molecule has 2 aromatic rings. The molecule has 0 aromatic carbocycles. The van der Waals surface area contributed by atoms with Gasteiger partial charge in [-0.3, -0.25) is 9.55 Å². The van der Waals surface area contributed by atoms with Crippen LogP contribution in [0.15, 0.2) is 27.6 Å². The summed E-state index contributed by atoms with van der Waals surface area (Å²) in [7, 11) is 1.31. The number of esters is 1. The van der Waals surface area contributed by atoms with Gasteiger partial charge in [0.25, 0.3) is 0 Å². The molecule has 0 unspecified atom stereocenters. The molecule has 0 saturated carbocycles. The summed E-state index contributed by atoms with van der Waals surface area (Å²) in [5.74, 6) is -0.442. The Morgan fingerprint density at radius 1 is 1.38 bits per heavy atom. The summed E-state index contributed by atoms with van der Waals surface area (Å²) < 4.78 is 6.94. The number of nitrogens with zero attached hydrogens (tertiary/aromatic N) is 3. The normalized spacial score (nSPS) is 10.5. The van der Waals surface area contributed by atoms with Gasteiger partial charge in [-0.2, -0.15) is 4.98 Å². The average molecular weight is 352 g/mol. The summed E-state index contributed by atoms with van der Waals surface area (Å²) in [6.07, 6.45) is 1.43. The molecular weight excluding hydrogens is 338 g/mol. The molecule has 0 bridgehead atoms. The zero-order chi connectivity index (χ0) is 15.6. The Morgan fingerprint density at radius 3 is 2.67 bits per heavy atom. The lowest BCUT2D eigenvalue weighted by Crippen LogP contribution is -2.27. The predicted molar refractivity (Wildman–Crippen MR) is 80.3 cm³/mol. The molecule has 6 nitrogen and oxygen atoms in total. The van der Waals surface area contributed by atoms with E-state index in [1.807, 2.05) is 6.92 Å². The maximum absolute atomic E-state index is 12.0. The van der Waals surface area contributed by atoms with Gasteiger partial charge >= 0.3 is 11.7 Å². The van der Waals surface area contributed by atoms with Crippen LogP contribution in [0.1, 0.15) is 27.4 Å². The van der Waals surface area contributed by atoms with E-state index in [1.54, 1.807) is 19.1 Å². The number of aromatic nitrogens is 3. The number of halogens is 1. The molecule has 0 aliphatic carbocycles. The average Bonchev–Trinajstić information content (AvgIpc) is 2.49. The van der Waals surface area contributed by atoms with Gasteiger partial charge in [0, 0.05) is 11.9 Å². The van der Waals surface area contributed by atoms with E-state index in [0.717, 1.165) is 10.2 Å². The van der Waals surface area contributed by atoms with Crippen LogP contribution in [0, 0.1) is 13.8 Å². The lowest BCUT2D eigenvalue weighted by molar-refractivity contribution is 0.0600. The minimum atomic E-state index is -0.442. The first kappa shape index (κ1) is 15.4. The number of pyridine rings is 1. The third-order valence-corrected chi connectivity index (χ3v) is 4.25. The highest BCUT2D eigenvalue weighted by molar-refractivity contribution is 9.10. The van der Waals surface area contributed by atoms with Crippen molar-refractivity contribution < 1.29 is 9.53 Å². The van der Waals surface area contributed by atoms with Gasteiger partial charge in [0.1, 0.15) is 0 Å². The van der Waals surface area contributed by atoms with E-state index < -0.39 is 5.97 Å². The molecule has 0 amide bonds. The second kappa shape index (κ2) is 6.17. The summed E-state index contributed by atoms with van der Waals surface area (Å²) in [5.41, 5.74) is 2.14. The molecule has 0 fully saturated rings. The quantitative estimate of drug-likeness (QED) is 0.789. The van der Waals surface area contributed by atoms with Crippen molar-refractivity contribution in [2.75, 3.05) is 7.11 Å². The minimum absolute atomic E-state index is 0.290. The van der Waals surface area contributed by atoms with E-state index in [-0.39, 0.29) is 12.2 Å². The monoisotopic (exact) mass is 351 g/mol. The smallest absolute Gasteiger partial charge is 0.348 e. The van der Waals surface area contributed by atoms with Crippen LogP contribution in [-0.2, 0) is 11.3 Å². The fourth-order valence-corrected chi connectivity index (χ4v) is 2.18. The van der Waals surface area contributed by atoms with Gasteiger partial charge in [-0.25, -0.2) is 9.59 Å². The van der Waals surface area contributed by atoms with Crippen molar-refractivity contribution in [2.45, 2.75) is 20.4 Å². The third kappa shape index (κ3) is 3.18. The molecule has 0 N–H and O–H groups in total. The van der Waals surface area contributed by atoms with Gasteiger partial charge in [0.2, 0.25) is 0 Å². The lowest BCUT2D eigenvalue weighted by atomic mass is 10.2. The van der Waals surface area contributed by atoms with Crippen LogP contribution in [0.4, 0.5) is 0 Å². The van der Waals surface area contributed by atoms with Crippen LogP contribution in [-0.4, -0.2) is 27.6 Å². The summed E-state index contributed by atoms with van der Waals surface area (Å²) in [6.45, 7) is 3.90. The van der Waals surface area contributed by atoms with Crippen molar-refractivity contribution in [3.8, 4) is 0 Å². The Bertz CT molecular complexity index is 738. The maximum Gasteiger partial charge on any atom is 0.348 e. The molecule has 0 atom stereocenters. The zero-order valence-corrected chi connectivity index (χ0v) is 13.5. The molecule has 2 heterocycles. The molecule has 0 radical (unpaired) electrons. The largest absolute Gasteiger partial charge is 0.465 e. The van der Waals surface area contributed by atoms with Crippen LogP contribution in [0.2, 0.25) is 0 Å². The van der Waals surface area contributed by atoms with Gasteiger partial charge in [-0.05, 0) is 41.9 Å². The minimum Gasteiger partial charge on any atom is -0.465 e. The van der Waals surface area contributed by atoms with Crippen LogP contribution in [0.25, 0.3) is 0 Å². The molecule has 0 saturated heterocycles. The number of ether oxygens (including phenoxy) is 1. The standard InChI is InChI=1S/C14H14BrN3O3/c1-8-12(15)9(2)18(14(20)17-8)7-11-5-4-10(6-16-11)13(19)21-3/h4-6H,7H2,1-3H3. The van der Waals surface area contributed by atoms with Gasteiger partial charge in [-0.1, -0.05) is 0 Å². The Balaban J connectivity index is 2.33. The van der Waals surface area contributed by atoms with Crippen molar-refractivity contribution in [2.24, 2.45) is 0 Å². The molecule has 21 heavy (non-hydrogen) atoms. The molecule has 2 rings (SSSR count). The number of methoxy groups -OCH3 is 1. The summed E-state index contributed by atoms with van der Waals surface area (Å²) >= 11 is 3.41. The van der Waals surface area contributed by atoms with Gasteiger partial charge < -0.3 is 4.74 Å². The Hall–Kier alpha value is -2.02. The second-order valence-corrected chi connectivity index (χ2v) is 5.29. The van der Waals surface area contributed by atoms with Crippen LogP contribution in [0.3, 0.4) is 0 Å². The molecule has 0 spiro atoms. The lowest BCUT2D eigenvalue weighted by Gasteiger charge is -2.11. The molecule has 2 aromatic heterocycles. The molecule has 0 aliphatic rings. The summed E-state index contributed by atoms with van der Waals surface area (Å²) in [6, 6.07) is 3.30. The number of carbonyl (C=O) groups is 1. The van der Waals surface area contributed by atoms with E-state index in [1.165, 1.54) is 17.9 Å². The van der Waals surface area contributed by atoms with E-state index in [9.17, 15) is 9.59 Å². The topological polar surface area (TPSA) is 74.1 Å². The predicted octanol–water partition coefficient (Wildman–Crippen LogP) is 1.85. The highest BCUT2D eigenvalue weighted by atomic mass is 79.9. The van der Waals surface area contributed by atoms with Crippen LogP contribution >= 0.6 is 15.9 Å². The number of rotatable bonds is 3. The number of carbonyl (C=O) groups excluding carboxylic acids is 1. The third-order valence-electron chi connectivity index (χ3n) is 3.10. The van der Waals surface area contributed by atoms with Gasteiger partial charge in [0.05, 0.1) is 35.1 Å². The molecular formula is C14H14BrN3O3. The molecule has 110 valence electrons. The molecule has 7 heteroatoms. The second-order valence-electron chi connectivity index (χ2n) is 4.50. The Morgan fingerprint density at radius 2 is 2.10 bits per heavy atom. The van der Waals surface area contributed by atoms with E-state index >= 15 is 0 Å². The van der Waals surface area contributed by atoms with Crippen molar-refractivity contribution in [1.29, 1.82) is 0 Å². The Kier molecular flexibility index (Phi) is 4.52. The van der Waals surface area contributed by atoms with E-state index in [0.29, 0.717) is 17.0 Å². The number of aryl methyl sites for hydroxylation is 1. The van der Waals surface area contributed by atoms with E-state index in [2.05, 4.69) is 30.6 Å². The van der Waals surface area contributed by atoms with Crippen LogP contribution < -0.4 is 5.69 Å². The zero-order valence-electron chi connectivity index (χ0n) is 11.9. The SMILES string of the molecule is COC(=O)c1ccc(Cn2c(C)c(Br)c(C)nc2=O)nc1.